The minimum absolute atomic E-state index is 0.203. The monoisotopic (exact) mass is 370 g/mol. The van der Waals surface area contributed by atoms with Gasteiger partial charge in [-0.25, -0.2) is 0 Å². The van der Waals surface area contributed by atoms with Gasteiger partial charge in [0.1, 0.15) is 11.6 Å². The van der Waals surface area contributed by atoms with E-state index in [0.29, 0.717) is 19.2 Å². The van der Waals surface area contributed by atoms with Gasteiger partial charge in [0.05, 0.1) is 25.0 Å². The van der Waals surface area contributed by atoms with Crippen LogP contribution in [0, 0.1) is 5.92 Å². The van der Waals surface area contributed by atoms with Crippen LogP contribution in [-0.4, -0.2) is 59.5 Å². The summed E-state index contributed by atoms with van der Waals surface area (Å²) in [4.78, 5) is 17.5. The van der Waals surface area contributed by atoms with Gasteiger partial charge in [0.15, 0.2) is 0 Å². The molecule has 0 radical (unpaired) electrons. The number of aliphatic hydroxyl groups excluding tert-OH is 1. The summed E-state index contributed by atoms with van der Waals surface area (Å²) in [7, 11) is 0. The standard InChI is InChI=1S/C19H26N6O2/c20-19-22-16(13-17(23-19)25-9-11-27-12-10-25)24-7-4-14(5-8-24)18(26)15-3-1-2-6-21-15/h1-3,6,13-14,18,26H,4-5,7-12H2,(H2,20,22,23)/t18-/m0/s1. The average molecular weight is 370 g/mol. The summed E-state index contributed by atoms with van der Waals surface area (Å²) >= 11 is 0. The topological polar surface area (TPSA) is 101 Å². The molecule has 0 saturated carbocycles. The molecule has 1 atom stereocenters. The fraction of sp³-hybridized carbons (Fsp3) is 0.526. The van der Waals surface area contributed by atoms with Crippen molar-refractivity contribution in [3.63, 3.8) is 0 Å². The number of nitrogens with zero attached hydrogens (tertiary/aromatic N) is 5. The Bertz CT molecular complexity index is 745. The molecule has 4 heterocycles. The van der Waals surface area contributed by atoms with Gasteiger partial charge < -0.3 is 25.4 Å². The van der Waals surface area contributed by atoms with E-state index in [1.54, 1.807) is 6.20 Å². The number of nitrogen functional groups attached to an aromatic ring is 1. The number of pyridine rings is 1. The Hall–Kier alpha value is -2.45. The quantitative estimate of drug-likeness (QED) is 0.829. The molecular formula is C19H26N6O2. The van der Waals surface area contributed by atoms with Gasteiger partial charge in [-0.15, -0.1) is 0 Å². The lowest BCUT2D eigenvalue weighted by Crippen LogP contribution is -2.38. The SMILES string of the molecule is Nc1nc(N2CCOCC2)cc(N2CCC([C@H](O)c3ccccn3)CC2)n1. The summed E-state index contributed by atoms with van der Waals surface area (Å²) < 4.78 is 5.41. The predicted octanol–water partition coefficient (Wildman–Crippen LogP) is 1.24. The summed E-state index contributed by atoms with van der Waals surface area (Å²) in [6.07, 6.45) is 2.97. The first-order valence-corrected chi connectivity index (χ1v) is 9.52. The highest BCUT2D eigenvalue weighted by Gasteiger charge is 2.28. The van der Waals surface area contributed by atoms with Crippen LogP contribution >= 0.6 is 0 Å². The predicted molar refractivity (Wildman–Crippen MR) is 104 cm³/mol. The second-order valence-electron chi connectivity index (χ2n) is 7.07. The van der Waals surface area contributed by atoms with Crippen LogP contribution in [-0.2, 0) is 4.74 Å². The van der Waals surface area contributed by atoms with Crippen LogP contribution in [0.3, 0.4) is 0 Å². The van der Waals surface area contributed by atoms with Crippen molar-refractivity contribution in [3.8, 4) is 0 Å². The van der Waals surface area contributed by atoms with Crippen LogP contribution in [0.25, 0.3) is 0 Å². The molecule has 144 valence electrons. The molecule has 0 spiro atoms. The highest BCUT2D eigenvalue weighted by molar-refractivity contribution is 5.54. The molecule has 2 aromatic rings. The number of morpholine rings is 1. The smallest absolute Gasteiger partial charge is 0.223 e. The van der Waals surface area contributed by atoms with Gasteiger partial charge in [0.25, 0.3) is 0 Å². The zero-order chi connectivity index (χ0) is 18.6. The number of rotatable bonds is 4. The summed E-state index contributed by atoms with van der Waals surface area (Å²) in [5.41, 5.74) is 6.72. The van der Waals surface area contributed by atoms with Crippen molar-refractivity contribution in [2.24, 2.45) is 5.92 Å². The maximum atomic E-state index is 10.6. The Balaban J connectivity index is 1.42. The van der Waals surface area contributed by atoms with Gasteiger partial charge in [-0.3, -0.25) is 4.98 Å². The Morgan fingerprint density at radius 1 is 1.04 bits per heavy atom. The lowest BCUT2D eigenvalue weighted by molar-refractivity contribution is 0.0890. The van der Waals surface area contributed by atoms with Crippen molar-refractivity contribution in [3.05, 3.63) is 36.2 Å². The van der Waals surface area contributed by atoms with Gasteiger partial charge >= 0.3 is 0 Å². The lowest BCUT2D eigenvalue weighted by Gasteiger charge is -2.35. The molecule has 2 aromatic heterocycles. The van der Waals surface area contributed by atoms with E-state index in [1.807, 2.05) is 24.3 Å². The zero-order valence-corrected chi connectivity index (χ0v) is 15.4. The van der Waals surface area contributed by atoms with Gasteiger partial charge in [-0.05, 0) is 30.9 Å². The maximum absolute atomic E-state index is 10.6. The van der Waals surface area contributed by atoms with E-state index in [4.69, 9.17) is 10.5 Å². The molecule has 0 aromatic carbocycles. The third kappa shape index (κ3) is 4.12. The first-order valence-electron chi connectivity index (χ1n) is 9.52. The van der Waals surface area contributed by atoms with Crippen LogP contribution in [0.4, 0.5) is 17.6 Å². The molecule has 2 fully saturated rings. The van der Waals surface area contributed by atoms with Crippen molar-refractivity contribution in [1.29, 1.82) is 0 Å². The minimum Gasteiger partial charge on any atom is -0.387 e. The first kappa shape index (κ1) is 17.9. The van der Waals surface area contributed by atoms with Crippen molar-refractivity contribution in [2.75, 3.05) is 54.9 Å². The first-order chi connectivity index (χ1) is 13.2. The Morgan fingerprint density at radius 2 is 1.70 bits per heavy atom. The van der Waals surface area contributed by atoms with Crippen molar-refractivity contribution >= 4 is 17.6 Å². The van der Waals surface area contributed by atoms with E-state index in [9.17, 15) is 5.11 Å². The maximum Gasteiger partial charge on any atom is 0.223 e. The largest absolute Gasteiger partial charge is 0.387 e. The van der Waals surface area contributed by atoms with Gasteiger partial charge in [0, 0.05) is 38.4 Å². The Kier molecular flexibility index (Phi) is 5.35. The van der Waals surface area contributed by atoms with Gasteiger partial charge in [-0.2, -0.15) is 9.97 Å². The van der Waals surface area contributed by atoms with Gasteiger partial charge in [0.2, 0.25) is 5.95 Å². The third-order valence-corrected chi connectivity index (χ3v) is 5.35. The van der Waals surface area contributed by atoms with Gasteiger partial charge in [-0.1, -0.05) is 6.07 Å². The van der Waals surface area contributed by atoms with Crippen LogP contribution in [0.5, 0.6) is 0 Å². The molecular weight excluding hydrogens is 344 g/mol. The van der Waals surface area contributed by atoms with Crippen LogP contribution < -0.4 is 15.5 Å². The molecule has 27 heavy (non-hydrogen) atoms. The molecule has 8 heteroatoms. The molecule has 3 N–H and O–H groups in total. The lowest BCUT2D eigenvalue weighted by atomic mass is 9.89. The highest BCUT2D eigenvalue weighted by Crippen LogP contribution is 2.32. The molecule has 0 unspecified atom stereocenters. The fourth-order valence-corrected chi connectivity index (χ4v) is 3.79. The molecule has 8 nitrogen and oxygen atoms in total. The number of hydrogen-bond acceptors (Lipinski definition) is 8. The molecule has 2 aliphatic heterocycles. The molecule has 0 bridgehead atoms. The Labute approximate surface area is 159 Å². The normalized spacial score (nSPS) is 19.9. The molecule has 2 saturated heterocycles. The van der Waals surface area contributed by atoms with Crippen molar-refractivity contribution < 1.29 is 9.84 Å². The summed E-state index contributed by atoms with van der Waals surface area (Å²) in [5, 5.41) is 10.6. The number of hydrogen-bond donors (Lipinski definition) is 2. The van der Waals surface area contributed by atoms with Crippen molar-refractivity contribution in [1.82, 2.24) is 15.0 Å². The molecule has 2 aliphatic rings. The highest BCUT2D eigenvalue weighted by atomic mass is 16.5. The molecule has 0 amide bonds. The molecule has 4 rings (SSSR count). The Morgan fingerprint density at radius 3 is 2.33 bits per heavy atom. The number of aromatic nitrogens is 3. The average Bonchev–Trinajstić information content (AvgIpc) is 2.74. The van der Waals surface area contributed by atoms with E-state index < -0.39 is 6.10 Å². The zero-order valence-electron chi connectivity index (χ0n) is 15.4. The number of piperidine rings is 1. The van der Waals surface area contributed by atoms with E-state index >= 15 is 0 Å². The van der Waals surface area contributed by atoms with Crippen LogP contribution in [0.1, 0.15) is 24.6 Å². The van der Waals surface area contributed by atoms with E-state index in [2.05, 4.69) is 24.8 Å². The summed E-state index contributed by atoms with van der Waals surface area (Å²) in [6.45, 7) is 4.69. The third-order valence-electron chi connectivity index (χ3n) is 5.35. The number of nitrogens with two attached hydrogens (primary N) is 1. The minimum atomic E-state index is -0.521. The number of aliphatic hydroxyl groups is 1. The van der Waals surface area contributed by atoms with E-state index in [1.165, 1.54) is 0 Å². The van der Waals surface area contributed by atoms with E-state index in [0.717, 1.165) is 56.4 Å². The summed E-state index contributed by atoms with van der Waals surface area (Å²) in [6, 6.07) is 7.68. The number of anilines is 3. The molecule has 0 aliphatic carbocycles. The number of ether oxygens (including phenoxy) is 1. The second kappa shape index (κ2) is 8.06. The van der Waals surface area contributed by atoms with Crippen molar-refractivity contribution in [2.45, 2.75) is 18.9 Å². The fourth-order valence-electron chi connectivity index (χ4n) is 3.79. The summed E-state index contributed by atoms with van der Waals surface area (Å²) in [5.74, 6) is 2.21. The van der Waals surface area contributed by atoms with Crippen LogP contribution in [0.2, 0.25) is 0 Å². The van der Waals surface area contributed by atoms with E-state index in [-0.39, 0.29) is 5.92 Å². The second-order valence-corrected chi connectivity index (χ2v) is 7.07. The van der Waals surface area contributed by atoms with Crippen LogP contribution in [0.15, 0.2) is 30.5 Å².